The van der Waals surface area contributed by atoms with E-state index in [2.05, 4.69) is 94.8 Å². The zero-order chi connectivity index (χ0) is 19.1. The molecule has 4 nitrogen and oxygen atoms in total. The fourth-order valence-electron chi connectivity index (χ4n) is 1.31. The molecule has 0 radical (unpaired) electrons. The molecule has 0 spiro atoms. The summed E-state index contributed by atoms with van der Waals surface area (Å²) in [5.41, 5.74) is 0.901. The van der Waals surface area contributed by atoms with Crippen molar-refractivity contribution in [1.82, 2.24) is 11.7 Å². The van der Waals surface area contributed by atoms with Crippen molar-refractivity contribution in [2.75, 3.05) is 0 Å². The molecule has 1 aliphatic heterocycles. The topological polar surface area (TPSA) is 13.0 Å². The van der Waals surface area contributed by atoms with Crippen molar-refractivity contribution >= 4 is 61.6 Å². The maximum atomic E-state index is 2.77. The van der Waals surface area contributed by atoms with Gasteiger partial charge in [0.25, 0.3) is 0 Å². The SMILES string of the molecule is CC(C)(C)N1[Se]N(C(C)(C)C)[Se]N(C(C)(C)C)[Se]N(C(C)(C)C)[Se]1. The number of hydrogen-bond donors (Lipinski definition) is 0. The minimum absolute atomic E-state index is 0.225. The number of rotatable bonds is 0. The van der Waals surface area contributed by atoms with Gasteiger partial charge in [-0.1, -0.05) is 0 Å². The first-order valence-corrected chi connectivity index (χ1v) is 14.5. The molecule has 1 rings (SSSR count). The van der Waals surface area contributed by atoms with Crippen LogP contribution in [0.2, 0.25) is 0 Å². The molecule has 0 bridgehead atoms. The van der Waals surface area contributed by atoms with Crippen LogP contribution in [0.3, 0.4) is 0 Å². The van der Waals surface area contributed by atoms with Crippen LogP contribution in [-0.4, -0.2) is 95.5 Å². The van der Waals surface area contributed by atoms with Crippen molar-refractivity contribution < 1.29 is 0 Å². The summed E-state index contributed by atoms with van der Waals surface area (Å²) in [6.07, 6.45) is 0. The van der Waals surface area contributed by atoms with Gasteiger partial charge in [0, 0.05) is 0 Å². The molecule has 1 fully saturated rings. The van der Waals surface area contributed by atoms with Crippen molar-refractivity contribution in [3.63, 3.8) is 0 Å². The average Bonchev–Trinajstić information content (AvgIpc) is 2.20. The molecule has 0 aromatic heterocycles. The first kappa shape index (κ1) is 24.0. The second-order valence-electron chi connectivity index (χ2n) is 10.0. The molecule has 0 aromatic rings. The van der Waals surface area contributed by atoms with Gasteiger partial charge in [-0.15, -0.1) is 0 Å². The summed E-state index contributed by atoms with van der Waals surface area (Å²) in [7, 11) is 0. The van der Waals surface area contributed by atoms with Gasteiger partial charge in [0.2, 0.25) is 0 Å². The van der Waals surface area contributed by atoms with E-state index in [1.54, 1.807) is 0 Å². The van der Waals surface area contributed by atoms with Gasteiger partial charge in [0.15, 0.2) is 0 Å². The molecule has 0 aromatic carbocycles. The van der Waals surface area contributed by atoms with E-state index in [-0.39, 0.29) is 22.2 Å². The van der Waals surface area contributed by atoms with Gasteiger partial charge in [0.1, 0.15) is 0 Å². The van der Waals surface area contributed by atoms with Crippen molar-refractivity contribution in [2.45, 2.75) is 105 Å². The van der Waals surface area contributed by atoms with Crippen LogP contribution in [0.1, 0.15) is 83.1 Å². The van der Waals surface area contributed by atoms with Crippen LogP contribution < -0.4 is 0 Å². The van der Waals surface area contributed by atoms with Crippen molar-refractivity contribution in [2.24, 2.45) is 0 Å². The van der Waals surface area contributed by atoms with Crippen molar-refractivity contribution in [3.05, 3.63) is 0 Å². The third kappa shape index (κ3) is 7.15. The zero-order valence-corrected chi connectivity index (χ0v) is 24.3. The van der Waals surface area contributed by atoms with Gasteiger partial charge in [0.05, 0.1) is 0 Å². The van der Waals surface area contributed by atoms with Crippen molar-refractivity contribution in [3.8, 4) is 0 Å². The predicted octanol–water partition coefficient (Wildman–Crippen LogP) is 2.54. The first-order chi connectivity index (χ1) is 10.4. The molecule has 0 saturated carbocycles. The molecule has 24 heavy (non-hydrogen) atoms. The second kappa shape index (κ2) is 8.11. The number of nitrogens with zero attached hydrogens (tertiary/aromatic N) is 4. The van der Waals surface area contributed by atoms with E-state index in [0.29, 0.717) is 61.6 Å². The Balaban J connectivity index is 3.24. The summed E-state index contributed by atoms with van der Waals surface area (Å²) >= 11 is 1.50. The van der Waals surface area contributed by atoms with E-state index in [1.807, 2.05) is 0 Å². The summed E-state index contributed by atoms with van der Waals surface area (Å²) in [5.74, 6) is 0. The van der Waals surface area contributed by atoms with E-state index in [1.165, 1.54) is 0 Å². The predicted molar refractivity (Wildman–Crippen MR) is 109 cm³/mol. The van der Waals surface area contributed by atoms with Crippen molar-refractivity contribution in [1.29, 1.82) is 0 Å². The Morgan fingerprint density at radius 3 is 0.542 bits per heavy atom. The third-order valence-corrected chi connectivity index (χ3v) is 20.3. The van der Waals surface area contributed by atoms with Gasteiger partial charge in [-0.2, -0.15) is 0 Å². The van der Waals surface area contributed by atoms with E-state index in [0.717, 1.165) is 0 Å². The monoisotopic (exact) mass is 604 g/mol. The molecule has 0 amide bonds. The molecular weight excluding hydrogens is 564 g/mol. The summed E-state index contributed by atoms with van der Waals surface area (Å²) in [5, 5.41) is 0. The molecule has 0 aliphatic carbocycles. The molecule has 1 aliphatic rings. The Morgan fingerprint density at radius 2 is 0.458 bits per heavy atom. The van der Waals surface area contributed by atoms with Crippen LogP contribution in [0.5, 0.6) is 0 Å². The molecule has 0 atom stereocenters. The quantitative estimate of drug-likeness (QED) is 0.397. The molecule has 0 unspecified atom stereocenters. The Morgan fingerprint density at radius 1 is 0.333 bits per heavy atom. The van der Waals surface area contributed by atoms with Crippen LogP contribution in [0.4, 0.5) is 0 Å². The van der Waals surface area contributed by atoms with Gasteiger partial charge >= 0.3 is 179 Å². The molecule has 1 saturated heterocycles. The van der Waals surface area contributed by atoms with Gasteiger partial charge in [-0.25, -0.2) is 0 Å². The Hall–Kier alpha value is 1.92. The Labute approximate surface area is 177 Å². The molecule has 0 N–H and O–H groups in total. The summed E-state index contributed by atoms with van der Waals surface area (Å²) in [6.45, 7) is 28.5. The van der Waals surface area contributed by atoms with Crippen LogP contribution in [0.15, 0.2) is 0 Å². The van der Waals surface area contributed by atoms with Crippen LogP contribution in [0, 0.1) is 0 Å². The first-order valence-electron chi connectivity index (χ1n) is 8.36. The Bertz CT molecular complexity index is 330. The van der Waals surface area contributed by atoms with E-state index in [9.17, 15) is 0 Å². The summed E-state index contributed by atoms with van der Waals surface area (Å²) in [4.78, 5) is 0. The second-order valence-corrected chi connectivity index (χ2v) is 22.2. The molecule has 8 heteroatoms. The molecule has 144 valence electrons. The fourth-order valence-corrected chi connectivity index (χ4v) is 18.4. The third-order valence-electron chi connectivity index (χ3n) is 2.78. The normalized spacial score (nSPS) is 22.5. The standard InChI is InChI=1S/C16H36N4Se4/c1-13(2,3)17-21-18(14(4,5)6)23-20(16(10,11)12)24-19(22-17)15(7,8)9/h1-12H3. The van der Waals surface area contributed by atoms with Gasteiger partial charge in [-0.05, 0) is 0 Å². The maximum absolute atomic E-state index is 2.77. The van der Waals surface area contributed by atoms with Crippen LogP contribution in [-0.2, 0) is 0 Å². The van der Waals surface area contributed by atoms with E-state index in [4.69, 9.17) is 0 Å². The minimum atomic E-state index is 0.225. The van der Waals surface area contributed by atoms with Crippen LogP contribution in [0.25, 0.3) is 0 Å². The number of hydrogen-bond acceptors (Lipinski definition) is 4. The molecule has 1 heterocycles. The summed E-state index contributed by atoms with van der Waals surface area (Å²) in [6, 6.07) is 0. The van der Waals surface area contributed by atoms with E-state index < -0.39 is 0 Å². The van der Waals surface area contributed by atoms with Crippen LogP contribution >= 0.6 is 0 Å². The van der Waals surface area contributed by atoms with Gasteiger partial charge in [-0.3, -0.25) is 0 Å². The Kier molecular flexibility index (Phi) is 8.10. The van der Waals surface area contributed by atoms with E-state index >= 15 is 0 Å². The molecular formula is C16H36N4Se4. The summed E-state index contributed by atoms with van der Waals surface area (Å²) < 4.78 is 11.1. The van der Waals surface area contributed by atoms with Gasteiger partial charge < -0.3 is 0 Å². The fraction of sp³-hybridized carbons (Fsp3) is 1.00. The zero-order valence-electron chi connectivity index (χ0n) is 17.4. The average molecular weight is 600 g/mol.